The number of rotatable bonds is 4. The molecule has 1 amide bonds. The van der Waals surface area contributed by atoms with Gasteiger partial charge < -0.3 is 10.3 Å². The molecule has 1 aromatic heterocycles. The SMILES string of the molecule is O=C(Nc1ccc2[nH]ccc2c1)[C@@H]1CCCN(S(=O)(=O)c2ccc(Cl)cc2)C1. The molecule has 0 saturated carbocycles. The quantitative estimate of drug-likeness (QED) is 0.676. The molecular formula is C20H20ClN3O3S. The maximum absolute atomic E-state index is 12.9. The van der Waals surface area contributed by atoms with Crippen molar-refractivity contribution in [2.24, 2.45) is 5.92 Å². The number of anilines is 1. The minimum absolute atomic E-state index is 0.161. The maximum atomic E-state index is 12.9. The van der Waals surface area contributed by atoms with Gasteiger partial charge in [0.2, 0.25) is 15.9 Å². The fourth-order valence-electron chi connectivity index (χ4n) is 3.51. The summed E-state index contributed by atoms with van der Waals surface area (Å²) in [5, 5.41) is 4.41. The number of H-pyrrole nitrogens is 1. The van der Waals surface area contributed by atoms with Crippen molar-refractivity contribution in [3.05, 3.63) is 59.8 Å². The number of halogens is 1. The molecule has 146 valence electrons. The van der Waals surface area contributed by atoms with E-state index in [0.717, 1.165) is 10.9 Å². The zero-order chi connectivity index (χ0) is 19.7. The predicted molar refractivity (Wildman–Crippen MR) is 110 cm³/mol. The smallest absolute Gasteiger partial charge is 0.243 e. The third kappa shape index (κ3) is 3.78. The number of sulfonamides is 1. The van der Waals surface area contributed by atoms with E-state index in [-0.39, 0.29) is 17.3 Å². The molecule has 1 aliphatic rings. The van der Waals surface area contributed by atoms with Crippen LogP contribution in [0.15, 0.2) is 59.6 Å². The van der Waals surface area contributed by atoms with E-state index in [1.807, 2.05) is 30.5 Å². The van der Waals surface area contributed by atoms with Crippen LogP contribution in [0.3, 0.4) is 0 Å². The molecule has 0 spiro atoms. The summed E-state index contributed by atoms with van der Waals surface area (Å²) in [4.78, 5) is 16.0. The van der Waals surface area contributed by atoms with E-state index in [4.69, 9.17) is 11.6 Å². The third-order valence-corrected chi connectivity index (χ3v) is 7.16. The minimum atomic E-state index is -3.65. The average molecular weight is 418 g/mol. The van der Waals surface area contributed by atoms with Crippen molar-refractivity contribution in [3.8, 4) is 0 Å². The molecule has 2 heterocycles. The van der Waals surface area contributed by atoms with Crippen LogP contribution in [0.1, 0.15) is 12.8 Å². The summed E-state index contributed by atoms with van der Waals surface area (Å²) in [6.45, 7) is 0.577. The van der Waals surface area contributed by atoms with Gasteiger partial charge in [0, 0.05) is 40.9 Å². The standard InChI is InChI=1S/C20H20ClN3O3S/c21-16-3-6-18(7-4-16)28(26,27)24-11-1-2-15(13-24)20(25)23-17-5-8-19-14(12-17)9-10-22-19/h3-10,12,15,22H,1-2,11,13H2,(H,23,25)/t15-/m1/s1. The van der Waals surface area contributed by atoms with Gasteiger partial charge in [0.15, 0.2) is 0 Å². The van der Waals surface area contributed by atoms with Crippen LogP contribution in [0, 0.1) is 5.92 Å². The van der Waals surface area contributed by atoms with E-state index in [2.05, 4.69) is 10.3 Å². The van der Waals surface area contributed by atoms with Crippen molar-refractivity contribution in [3.63, 3.8) is 0 Å². The second kappa shape index (κ2) is 7.58. The summed E-state index contributed by atoms with van der Waals surface area (Å²) in [5.74, 6) is -0.552. The number of hydrogen-bond acceptors (Lipinski definition) is 3. The highest BCUT2D eigenvalue weighted by Crippen LogP contribution is 2.26. The first-order valence-electron chi connectivity index (χ1n) is 9.07. The highest BCUT2D eigenvalue weighted by molar-refractivity contribution is 7.89. The monoisotopic (exact) mass is 417 g/mol. The number of hydrogen-bond donors (Lipinski definition) is 2. The highest BCUT2D eigenvalue weighted by Gasteiger charge is 2.33. The lowest BCUT2D eigenvalue weighted by Gasteiger charge is -2.31. The van der Waals surface area contributed by atoms with Gasteiger partial charge in [-0.2, -0.15) is 4.31 Å². The van der Waals surface area contributed by atoms with Gasteiger partial charge in [-0.25, -0.2) is 8.42 Å². The number of piperidine rings is 1. The van der Waals surface area contributed by atoms with Gasteiger partial charge in [0.25, 0.3) is 0 Å². The lowest BCUT2D eigenvalue weighted by atomic mass is 9.98. The van der Waals surface area contributed by atoms with E-state index < -0.39 is 15.9 Å². The number of nitrogens with zero attached hydrogens (tertiary/aromatic N) is 1. The van der Waals surface area contributed by atoms with E-state index in [0.29, 0.717) is 30.1 Å². The Morgan fingerprint density at radius 2 is 1.93 bits per heavy atom. The molecule has 1 fully saturated rings. The predicted octanol–water partition coefficient (Wildman–Crippen LogP) is 3.86. The summed E-state index contributed by atoms with van der Waals surface area (Å²) < 4.78 is 27.2. The number of nitrogens with one attached hydrogen (secondary N) is 2. The summed E-state index contributed by atoms with van der Waals surface area (Å²) in [6.07, 6.45) is 3.14. The Morgan fingerprint density at radius 3 is 2.71 bits per heavy atom. The molecule has 1 aliphatic heterocycles. The van der Waals surface area contributed by atoms with Crippen LogP contribution in [-0.4, -0.2) is 36.7 Å². The van der Waals surface area contributed by atoms with Crippen molar-refractivity contribution >= 4 is 44.1 Å². The Morgan fingerprint density at radius 1 is 1.14 bits per heavy atom. The van der Waals surface area contributed by atoms with Crippen molar-refractivity contribution in [2.75, 3.05) is 18.4 Å². The topological polar surface area (TPSA) is 82.3 Å². The molecule has 6 nitrogen and oxygen atoms in total. The lowest BCUT2D eigenvalue weighted by Crippen LogP contribution is -2.43. The fourth-order valence-corrected chi connectivity index (χ4v) is 5.16. The summed E-state index contributed by atoms with van der Waals surface area (Å²) in [6, 6.07) is 13.7. The lowest BCUT2D eigenvalue weighted by molar-refractivity contribution is -0.120. The van der Waals surface area contributed by atoms with Gasteiger partial charge in [0.05, 0.1) is 10.8 Å². The number of aromatic nitrogens is 1. The van der Waals surface area contributed by atoms with Crippen molar-refractivity contribution < 1.29 is 13.2 Å². The Hall–Kier alpha value is -2.35. The number of aromatic amines is 1. The molecule has 28 heavy (non-hydrogen) atoms. The second-order valence-electron chi connectivity index (χ2n) is 6.93. The summed E-state index contributed by atoms with van der Waals surface area (Å²) >= 11 is 5.86. The van der Waals surface area contributed by atoms with E-state index in [9.17, 15) is 13.2 Å². The Bertz CT molecular complexity index is 1110. The zero-order valence-electron chi connectivity index (χ0n) is 15.1. The van der Waals surface area contributed by atoms with Gasteiger partial charge in [-0.1, -0.05) is 11.6 Å². The van der Waals surface area contributed by atoms with Crippen LogP contribution in [0.25, 0.3) is 10.9 Å². The molecule has 1 atom stereocenters. The number of fused-ring (bicyclic) bond motifs is 1. The largest absolute Gasteiger partial charge is 0.361 e. The molecular weight excluding hydrogens is 398 g/mol. The molecule has 2 N–H and O–H groups in total. The van der Waals surface area contributed by atoms with E-state index >= 15 is 0 Å². The van der Waals surface area contributed by atoms with E-state index in [1.165, 1.54) is 16.4 Å². The molecule has 3 aromatic rings. The van der Waals surface area contributed by atoms with Crippen LogP contribution in [-0.2, 0) is 14.8 Å². The van der Waals surface area contributed by atoms with Crippen LogP contribution in [0.5, 0.6) is 0 Å². The van der Waals surface area contributed by atoms with E-state index in [1.54, 1.807) is 12.1 Å². The molecule has 4 rings (SSSR count). The average Bonchev–Trinajstić information content (AvgIpc) is 3.16. The van der Waals surface area contributed by atoms with Crippen LogP contribution in [0.2, 0.25) is 5.02 Å². The Balaban J connectivity index is 1.48. The summed E-state index contributed by atoms with van der Waals surface area (Å²) in [7, 11) is -3.65. The Labute approximate surface area is 168 Å². The molecule has 8 heteroatoms. The first-order valence-corrected chi connectivity index (χ1v) is 10.9. The van der Waals surface area contributed by atoms with Crippen LogP contribution in [0.4, 0.5) is 5.69 Å². The number of carbonyl (C=O) groups is 1. The first-order chi connectivity index (χ1) is 13.4. The van der Waals surface area contributed by atoms with Crippen molar-refractivity contribution in [1.29, 1.82) is 0 Å². The molecule has 1 saturated heterocycles. The van der Waals surface area contributed by atoms with Gasteiger partial charge in [0.1, 0.15) is 0 Å². The van der Waals surface area contributed by atoms with Gasteiger partial charge in [-0.05, 0) is 61.4 Å². The minimum Gasteiger partial charge on any atom is -0.361 e. The molecule has 0 aliphatic carbocycles. The number of carbonyl (C=O) groups excluding carboxylic acids is 1. The van der Waals surface area contributed by atoms with Crippen molar-refractivity contribution in [2.45, 2.75) is 17.7 Å². The van der Waals surface area contributed by atoms with Crippen LogP contribution >= 0.6 is 11.6 Å². The van der Waals surface area contributed by atoms with Crippen molar-refractivity contribution in [1.82, 2.24) is 9.29 Å². The normalized spacial score (nSPS) is 18.2. The van der Waals surface area contributed by atoms with Crippen LogP contribution < -0.4 is 5.32 Å². The molecule has 2 aromatic carbocycles. The number of benzene rings is 2. The molecule has 0 bridgehead atoms. The highest BCUT2D eigenvalue weighted by atomic mass is 35.5. The van der Waals surface area contributed by atoms with Gasteiger partial charge in [-0.15, -0.1) is 0 Å². The molecule has 0 radical (unpaired) electrons. The first kappa shape index (κ1) is 19.0. The van der Waals surface area contributed by atoms with Gasteiger partial charge in [-0.3, -0.25) is 4.79 Å². The zero-order valence-corrected chi connectivity index (χ0v) is 16.6. The fraction of sp³-hybridized carbons (Fsp3) is 0.250. The van der Waals surface area contributed by atoms with Gasteiger partial charge >= 0.3 is 0 Å². The third-order valence-electron chi connectivity index (χ3n) is 5.03. The Kier molecular flexibility index (Phi) is 5.14. The second-order valence-corrected chi connectivity index (χ2v) is 9.30. The molecule has 0 unspecified atom stereocenters. The summed E-state index contributed by atoms with van der Waals surface area (Å²) in [5.41, 5.74) is 1.70. The number of amides is 1. The maximum Gasteiger partial charge on any atom is 0.243 e.